The van der Waals surface area contributed by atoms with E-state index in [1.165, 1.54) is 20.0 Å². The molecule has 0 spiro atoms. The van der Waals surface area contributed by atoms with Gasteiger partial charge in [-0.3, -0.25) is 14.6 Å². The van der Waals surface area contributed by atoms with Gasteiger partial charge in [0.1, 0.15) is 11.5 Å². The zero-order valence-electron chi connectivity index (χ0n) is 27.1. The number of nitrogens with one attached hydrogen (secondary N) is 2. The predicted molar refractivity (Wildman–Crippen MR) is 174 cm³/mol. The number of hydrogen-bond acceptors (Lipinski definition) is 6. The Kier molecular flexibility index (Phi) is 9.28. The summed E-state index contributed by atoms with van der Waals surface area (Å²) < 4.78 is 5.44. The molecular weight excluding hydrogens is 592 g/mol. The Morgan fingerprint density at radius 3 is 2.47 bits per heavy atom. The van der Waals surface area contributed by atoms with E-state index in [9.17, 15) is 14.4 Å². The molecule has 0 saturated carbocycles. The van der Waals surface area contributed by atoms with Crippen molar-refractivity contribution in [2.24, 2.45) is 11.8 Å². The predicted octanol–water partition coefficient (Wildman–Crippen LogP) is 5.06. The third-order valence-corrected chi connectivity index (χ3v) is 11.6. The van der Waals surface area contributed by atoms with E-state index < -0.39 is 0 Å². The molecule has 0 aliphatic carbocycles. The Labute approximate surface area is 271 Å². The first kappa shape index (κ1) is 32.0. The normalized spacial score (nSPS) is 29.7. The summed E-state index contributed by atoms with van der Waals surface area (Å²) in [5, 5.41) is 3.87. The van der Waals surface area contributed by atoms with Crippen molar-refractivity contribution in [1.82, 2.24) is 29.6 Å². The second-order valence-electron chi connectivity index (χ2n) is 13.7. The SMILES string of the molecule is COC(=O)N1CCc2[nH]c(C)nc2C1C1C[C@H]2CC[C@@H](C1)N2CCCNC(=O)C1CC[N+](C(C)=O)(c2ccc(C)c(Cl)c2)CC1. The number of aromatic nitrogens is 2. The lowest BCUT2D eigenvalue weighted by Gasteiger charge is -2.45. The number of carbonyl (C=O) groups excluding carboxylic acids is 3. The van der Waals surface area contributed by atoms with Crippen LogP contribution in [0.25, 0.3) is 0 Å². The van der Waals surface area contributed by atoms with Gasteiger partial charge in [-0.05, 0) is 63.5 Å². The average Bonchev–Trinajstić information content (AvgIpc) is 3.52. The molecule has 4 atom stereocenters. The number of hydrogen-bond donors (Lipinski definition) is 2. The smallest absolute Gasteiger partial charge is 0.410 e. The minimum absolute atomic E-state index is 0.0467. The molecule has 3 saturated heterocycles. The number of aromatic amines is 1. The van der Waals surface area contributed by atoms with Crippen LogP contribution in [0.5, 0.6) is 0 Å². The molecule has 2 aromatic rings. The summed E-state index contributed by atoms with van der Waals surface area (Å²) in [4.78, 5) is 51.6. The third-order valence-electron chi connectivity index (χ3n) is 11.2. The van der Waals surface area contributed by atoms with Gasteiger partial charge in [-0.1, -0.05) is 17.7 Å². The first-order valence-corrected chi connectivity index (χ1v) is 17.1. The second kappa shape index (κ2) is 13.0. The number of amides is 3. The Balaban J connectivity index is 1.00. The van der Waals surface area contributed by atoms with E-state index in [0.29, 0.717) is 62.0 Å². The van der Waals surface area contributed by atoms with Crippen molar-refractivity contribution >= 4 is 35.2 Å². The quantitative estimate of drug-likeness (QED) is 0.324. The third kappa shape index (κ3) is 6.13. The number of aryl methyl sites for hydroxylation is 2. The molecule has 6 rings (SSSR count). The molecule has 2 unspecified atom stereocenters. The number of halogens is 1. The molecule has 3 amide bonds. The minimum atomic E-state index is -0.264. The zero-order chi connectivity index (χ0) is 31.9. The summed E-state index contributed by atoms with van der Waals surface area (Å²) in [5.41, 5.74) is 4.09. The zero-order valence-corrected chi connectivity index (χ0v) is 27.9. The van der Waals surface area contributed by atoms with Gasteiger partial charge in [0.15, 0.2) is 0 Å². The van der Waals surface area contributed by atoms with E-state index >= 15 is 0 Å². The Morgan fingerprint density at radius 1 is 1.11 bits per heavy atom. The highest BCUT2D eigenvalue weighted by Crippen LogP contribution is 2.47. The number of H-pyrrole nitrogens is 1. The van der Waals surface area contributed by atoms with E-state index in [1.54, 1.807) is 6.92 Å². The van der Waals surface area contributed by atoms with Gasteiger partial charge in [-0.15, -0.1) is 0 Å². The maximum Gasteiger partial charge on any atom is 0.410 e. The number of nitrogens with zero attached hydrogens (tertiary/aromatic N) is 4. The van der Waals surface area contributed by atoms with Crippen LogP contribution in [0.1, 0.15) is 80.7 Å². The van der Waals surface area contributed by atoms with Crippen molar-refractivity contribution in [1.29, 1.82) is 0 Å². The molecule has 1 aromatic carbocycles. The fraction of sp³-hybridized carbons (Fsp3) is 0.647. The van der Waals surface area contributed by atoms with Crippen LogP contribution in [-0.4, -0.2) is 89.6 Å². The van der Waals surface area contributed by atoms with Crippen molar-refractivity contribution in [3.05, 3.63) is 46.0 Å². The fourth-order valence-electron chi connectivity index (χ4n) is 8.74. The van der Waals surface area contributed by atoms with Gasteiger partial charge in [-0.25, -0.2) is 19.1 Å². The van der Waals surface area contributed by atoms with Gasteiger partial charge in [0.05, 0.1) is 38.9 Å². The summed E-state index contributed by atoms with van der Waals surface area (Å²) in [5.74, 6) is 1.37. The van der Waals surface area contributed by atoms with Gasteiger partial charge in [0, 0.05) is 73.7 Å². The Hall–Kier alpha value is -2.95. The van der Waals surface area contributed by atoms with Crippen LogP contribution in [0.15, 0.2) is 18.2 Å². The van der Waals surface area contributed by atoms with Gasteiger partial charge in [0.2, 0.25) is 5.91 Å². The molecule has 45 heavy (non-hydrogen) atoms. The number of rotatable bonds is 7. The van der Waals surface area contributed by atoms with Crippen LogP contribution < -0.4 is 9.80 Å². The molecule has 3 fully saturated rings. The summed E-state index contributed by atoms with van der Waals surface area (Å²) >= 11 is 6.40. The van der Waals surface area contributed by atoms with Crippen molar-refractivity contribution in [2.75, 3.05) is 39.8 Å². The summed E-state index contributed by atoms with van der Waals surface area (Å²) in [6.45, 7) is 9.07. The van der Waals surface area contributed by atoms with Gasteiger partial charge in [0.25, 0.3) is 0 Å². The molecule has 4 aliphatic rings. The molecule has 2 N–H and O–H groups in total. The number of fused-ring (bicyclic) bond motifs is 3. The molecule has 2 bridgehead atoms. The molecular formula is C34H48ClN6O4+. The Morgan fingerprint density at radius 2 is 1.82 bits per heavy atom. The van der Waals surface area contributed by atoms with Crippen molar-refractivity contribution < 1.29 is 19.1 Å². The standard InChI is InChI=1S/C34H47ClN6O4/c1-21-6-9-28(20-29(21)35)41(23(3)42)16-11-24(12-17-41)33(43)36-13-5-14-39-26-7-8-27(39)19-25(18-26)32-31-30(37-22(2)38-31)10-15-40(32)34(44)45-4/h6,9,20,24-27,32H,5,7-8,10-19H2,1-4H3,(H-,36,37,38,43)/p+1/t24?,25?,26-,27+,32?,41?. The van der Waals surface area contributed by atoms with Crippen LogP contribution in [0.4, 0.5) is 10.5 Å². The lowest BCUT2D eigenvalue weighted by molar-refractivity contribution is -0.133. The fourth-order valence-corrected chi connectivity index (χ4v) is 8.92. The first-order valence-electron chi connectivity index (χ1n) is 16.7. The van der Waals surface area contributed by atoms with Crippen LogP contribution in [0, 0.1) is 25.7 Å². The molecule has 10 nitrogen and oxygen atoms in total. The van der Waals surface area contributed by atoms with E-state index in [0.717, 1.165) is 60.7 Å². The van der Waals surface area contributed by atoms with Crippen LogP contribution >= 0.6 is 11.6 Å². The number of piperidine rings is 2. The monoisotopic (exact) mass is 639 g/mol. The molecule has 4 aliphatic heterocycles. The van der Waals surface area contributed by atoms with Gasteiger partial charge < -0.3 is 15.0 Å². The number of carbonyl (C=O) groups is 3. The molecule has 244 valence electrons. The second-order valence-corrected chi connectivity index (χ2v) is 14.1. The molecule has 11 heteroatoms. The number of benzene rings is 1. The first-order chi connectivity index (χ1) is 21.6. The average molecular weight is 640 g/mol. The van der Waals surface area contributed by atoms with Crippen LogP contribution in [0.3, 0.4) is 0 Å². The number of likely N-dealkylation sites (tertiary alicyclic amines) is 1. The van der Waals surface area contributed by atoms with E-state index in [-0.39, 0.29) is 34.4 Å². The number of imidazole rings is 1. The highest BCUT2D eigenvalue weighted by Gasteiger charge is 2.47. The molecule has 0 radical (unpaired) electrons. The summed E-state index contributed by atoms with van der Waals surface area (Å²) in [6.07, 6.45) is 7.20. The Bertz CT molecular complexity index is 1420. The van der Waals surface area contributed by atoms with Crippen LogP contribution in [-0.2, 0) is 20.7 Å². The van der Waals surface area contributed by atoms with Crippen LogP contribution in [0.2, 0.25) is 5.02 Å². The van der Waals surface area contributed by atoms with E-state index in [1.807, 2.05) is 36.9 Å². The van der Waals surface area contributed by atoms with Crippen molar-refractivity contribution in [3.8, 4) is 0 Å². The van der Waals surface area contributed by atoms with Crippen molar-refractivity contribution in [2.45, 2.75) is 90.3 Å². The van der Waals surface area contributed by atoms with Crippen molar-refractivity contribution in [3.63, 3.8) is 0 Å². The topological polar surface area (TPSA) is 108 Å². The highest BCUT2D eigenvalue weighted by atomic mass is 35.5. The van der Waals surface area contributed by atoms with E-state index in [4.69, 9.17) is 21.3 Å². The molecule has 1 aromatic heterocycles. The lowest BCUT2D eigenvalue weighted by atomic mass is 9.80. The minimum Gasteiger partial charge on any atom is -0.453 e. The number of quaternary nitrogens is 1. The van der Waals surface area contributed by atoms with Gasteiger partial charge in [-0.2, -0.15) is 0 Å². The summed E-state index contributed by atoms with van der Waals surface area (Å²) in [7, 11) is 1.46. The van der Waals surface area contributed by atoms with Gasteiger partial charge >= 0.3 is 12.0 Å². The highest BCUT2D eigenvalue weighted by molar-refractivity contribution is 6.31. The maximum absolute atomic E-state index is 13.1. The molecule has 5 heterocycles. The largest absolute Gasteiger partial charge is 0.453 e. The summed E-state index contributed by atoms with van der Waals surface area (Å²) in [6, 6.07) is 6.81. The lowest BCUT2D eigenvalue weighted by Crippen LogP contribution is -2.58. The number of methoxy groups -OCH3 is 1. The van der Waals surface area contributed by atoms with E-state index in [2.05, 4.69) is 15.2 Å². The maximum atomic E-state index is 13.1. The number of ether oxygens (including phenoxy) is 1.